The van der Waals surface area contributed by atoms with Gasteiger partial charge in [-0.2, -0.15) is 5.10 Å². The number of rotatable bonds is 4. The van der Waals surface area contributed by atoms with Gasteiger partial charge in [0.2, 0.25) is 0 Å². The number of carbonyl (C=O) groups is 1. The van der Waals surface area contributed by atoms with E-state index >= 15 is 0 Å². The van der Waals surface area contributed by atoms with Crippen LogP contribution in [0, 0.1) is 0 Å². The molecule has 0 unspecified atom stereocenters. The van der Waals surface area contributed by atoms with Crippen molar-refractivity contribution in [3.8, 4) is 11.1 Å². The van der Waals surface area contributed by atoms with Crippen LogP contribution in [0.2, 0.25) is 0 Å². The van der Waals surface area contributed by atoms with Crippen LogP contribution < -0.4 is 5.32 Å². The predicted octanol–water partition coefficient (Wildman–Crippen LogP) is 3.02. The molecule has 3 heterocycles. The zero-order valence-corrected chi connectivity index (χ0v) is 16.1. The number of H-pyrrole nitrogens is 1. The Kier molecular flexibility index (Phi) is 4.87. The summed E-state index contributed by atoms with van der Waals surface area (Å²) in [5.74, 6) is -0.0271. The highest BCUT2D eigenvalue weighted by Gasteiger charge is 2.38. The quantitative estimate of drug-likeness (QED) is 0.721. The lowest BCUT2D eigenvalue weighted by atomic mass is 10.1. The number of carbonyl (C=O) groups excluding carboxylic acids is 1. The molecule has 0 spiro atoms. The van der Waals surface area contributed by atoms with Crippen molar-refractivity contribution in [3.05, 3.63) is 78.1 Å². The molecule has 0 saturated carbocycles. The molecule has 2 N–H and O–H groups in total. The van der Waals surface area contributed by atoms with E-state index in [0.29, 0.717) is 18.2 Å². The number of amides is 1. The maximum atomic E-state index is 12.8. The Morgan fingerprint density at radius 2 is 2.00 bits per heavy atom. The molecule has 0 radical (unpaired) electrons. The topological polar surface area (TPSA) is 70.2 Å². The first-order chi connectivity index (χ1) is 14.3. The van der Waals surface area contributed by atoms with Crippen LogP contribution in [-0.2, 0) is 4.74 Å². The molecule has 2 saturated heterocycles. The van der Waals surface area contributed by atoms with E-state index in [9.17, 15) is 4.79 Å². The molecule has 2 aromatic carbocycles. The summed E-state index contributed by atoms with van der Waals surface area (Å²) in [7, 11) is 0. The Balaban J connectivity index is 1.22. The maximum Gasteiger partial charge on any atom is 0.251 e. The Morgan fingerprint density at radius 3 is 2.83 bits per heavy atom. The van der Waals surface area contributed by atoms with Gasteiger partial charge in [0.25, 0.3) is 5.91 Å². The molecule has 6 heteroatoms. The summed E-state index contributed by atoms with van der Waals surface area (Å²) < 4.78 is 6.11. The molecule has 2 aliphatic heterocycles. The lowest BCUT2D eigenvalue weighted by molar-refractivity contribution is -0.0502. The number of nitrogens with zero attached hydrogens (tertiary/aromatic N) is 2. The predicted molar refractivity (Wildman–Crippen MR) is 110 cm³/mol. The van der Waals surface area contributed by atoms with Crippen LogP contribution >= 0.6 is 0 Å². The van der Waals surface area contributed by atoms with Gasteiger partial charge in [-0.15, -0.1) is 0 Å². The second-order valence-corrected chi connectivity index (χ2v) is 7.81. The van der Waals surface area contributed by atoms with Crippen LogP contribution in [0.15, 0.2) is 67.0 Å². The monoisotopic (exact) mass is 388 g/mol. The van der Waals surface area contributed by atoms with Gasteiger partial charge in [0, 0.05) is 42.5 Å². The SMILES string of the molecule is O=C(N[C@H]1C[C@H]2CO[C@@H](c3ccccc3)CN2C1)c1cccc(-c2cn[nH]c2)c1. The number of fused-ring (bicyclic) bond motifs is 1. The van der Waals surface area contributed by atoms with Crippen molar-refractivity contribution >= 4 is 5.91 Å². The highest BCUT2D eigenvalue weighted by molar-refractivity contribution is 5.95. The number of ether oxygens (including phenoxy) is 1. The van der Waals surface area contributed by atoms with Crippen LogP contribution in [0.5, 0.6) is 0 Å². The molecule has 5 rings (SSSR count). The smallest absolute Gasteiger partial charge is 0.251 e. The third-order valence-electron chi connectivity index (χ3n) is 5.88. The van der Waals surface area contributed by atoms with Gasteiger partial charge in [0.1, 0.15) is 0 Å². The van der Waals surface area contributed by atoms with Crippen LogP contribution in [0.3, 0.4) is 0 Å². The summed E-state index contributed by atoms with van der Waals surface area (Å²) in [6.45, 7) is 2.45. The third kappa shape index (κ3) is 3.81. The highest BCUT2D eigenvalue weighted by atomic mass is 16.5. The van der Waals surface area contributed by atoms with Gasteiger partial charge >= 0.3 is 0 Å². The summed E-state index contributed by atoms with van der Waals surface area (Å²) in [6.07, 6.45) is 4.62. The van der Waals surface area contributed by atoms with E-state index in [0.717, 1.165) is 30.6 Å². The lowest BCUT2D eigenvalue weighted by Gasteiger charge is -2.35. The number of aromatic nitrogens is 2. The van der Waals surface area contributed by atoms with E-state index in [4.69, 9.17) is 4.74 Å². The molecular weight excluding hydrogens is 364 g/mol. The lowest BCUT2D eigenvalue weighted by Crippen LogP contribution is -2.43. The molecular formula is C23H24N4O2. The Bertz CT molecular complexity index is 974. The standard InChI is InChI=1S/C23H24N4O2/c28-23(18-8-4-7-17(9-18)19-11-24-25-12-19)26-20-10-21-15-29-22(14-27(21)13-20)16-5-2-1-3-6-16/h1-9,11-12,20-22H,10,13-15H2,(H,24,25)(H,26,28)/t20-,21-,22+/m0/s1. The zero-order valence-electron chi connectivity index (χ0n) is 16.1. The number of aromatic amines is 1. The summed E-state index contributed by atoms with van der Waals surface area (Å²) in [4.78, 5) is 15.3. The van der Waals surface area contributed by atoms with E-state index < -0.39 is 0 Å². The van der Waals surface area contributed by atoms with E-state index in [2.05, 4.69) is 44.7 Å². The molecule has 2 aliphatic rings. The van der Waals surface area contributed by atoms with Crippen molar-refractivity contribution in [1.29, 1.82) is 0 Å². The number of benzene rings is 2. The van der Waals surface area contributed by atoms with E-state index in [-0.39, 0.29) is 18.1 Å². The van der Waals surface area contributed by atoms with Crippen LogP contribution in [0.1, 0.15) is 28.4 Å². The Morgan fingerprint density at radius 1 is 1.10 bits per heavy atom. The number of hydrogen-bond donors (Lipinski definition) is 2. The van der Waals surface area contributed by atoms with Crippen molar-refractivity contribution in [2.45, 2.75) is 24.6 Å². The summed E-state index contributed by atoms with van der Waals surface area (Å²) in [5.41, 5.74) is 3.84. The first-order valence-electron chi connectivity index (χ1n) is 10.1. The first-order valence-corrected chi connectivity index (χ1v) is 10.1. The average Bonchev–Trinajstić information content (AvgIpc) is 3.43. The summed E-state index contributed by atoms with van der Waals surface area (Å²) in [5, 5.41) is 10.0. The second-order valence-electron chi connectivity index (χ2n) is 7.81. The van der Waals surface area contributed by atoms with Gasteiger partial charge in [0.05, 0.1) is 18.9 Å². The van der Waals surface area contributed by atoms with Gasteiger partial charge in [-0.25, -0.2) is 0 Å². The van der Waals surface area contributed by atoms with Crippen LogP contribution in [0.25, 0.3) is 11.1 Å². The fraction of sp³-hybridized carbons (Fsp3) is 0.304. The normalized spacial score (nSPS) is 24.2. The zero-order chi connectivity index (χ0) is 19.6. The molecule has 3 atom stereocenters. The third-order valence-corrected chi connectivity index (χ3v) is 5.88. The molecule has 2 fully saturated rings. The van der Waals surface area contributed by atoms with Gasteiger partial charge < -0.3 is 10.1 Å². The molecule has 1 aromatic heterocycles. The van der Waals surface area contributed by atoms with Gasteiger partial charge in [-0.05, 0) is 29.7 Å². The van der Waals surface area contributed by atoms with Crippen molar-refractivity contribution < 1.29 is 9.53 Å². The van der Waals surface area contributed by atoms with E-state index in [1.54, 1.807) is 6.20 Å². The highest BCUT2D eigenvalue weighted by Crippen LogP contribution is 2.30. The fourth-order valence-electron chi connectivity index (χ4n) is 4.37. The van der Waals surface area contributed by atoms with E-state index in [1.165, 1.54) is 5.56 Å². The summed E-state index contributed by atoms with van der Waals surface area (Å²) >= 11 is 0. The average molecular weight is 388 g/mol. The van der Waals surface area contributed by atoms with Crippen LogP contribution in [-0.4, -0.2) is 52.8 Å². The maximum absolute atomic E-state index is 12.8. The number of nitrogens with one attached hydrogen (secondary N) is 2. The number of hydrogen-bond acceptors (Lipinski definition) is 4. The minimum Gasteiger partial charge on any atom is -0.371 e. The van der Waals surface area contributed by atoms with Crippen molar-refractivity contribution in [2.24, 2.45) is 0 Å². The molecule has 0 aliphatic carbocycles. The Hall–Kier alpha value is -2.96. The molecule has 29 heavy (non-hydrogen) atoms. The van der Waals surface area contributed by atoms with Crippen LogP contribution in [0.4, 0.5) is 0 Å². The molecule has 1 amide bonds. The first kappa shape index (κ1) is 18.1. The van der Waals surface area contributed by atoms with Gasteiger partial charge in [0.15, 0.2) is 0 Å². The van der Waals surface area contributed by atoms with Crippen molar-refractivity contribution in [2.75, 3.05) is 19.7 Å². The van der Waals surface area contributed by atoms with Gasteiger partial charge in [-0.3, -0.25) is 14.8 Å². The molecule has 6 nitrogen and oxygen atoms in total. The number of morpholine rings is 1. The fourth-order valence-corrected chi connectivity index (χ4v) is 4.37. The van der Waals surface area contributed by atoms with Gasteiger partial charge in [-0.1, -0.05) is 42.5 Å². The largest absolute Gasteiger partial charge is 0.371 e. The van der Waals surface area contributed by atoms with E-state index in [1.807, 2.05) is 36.5 Å². The minimum atomic E-state index is -0.0271. The Labute approximate surface area is 169 Å². The summed E-state index contributed by atoms with van der Waals surface area (Å²) in [6, 6.07) is 18.5. The van der Waals surface area contributed by atoms with Crippen molar-refractivity contribution in [3.63, 3.8) is 0 Å². The molecule has 0 bridgehead atoms. The molecule has 148 valence electrons. The second kappa shape index (κ2) is 7.81. The minimum absolute atomic E-state index is 0.0271. The molecule has 3 aromatic rings. The van der Waals surface area contributed by atoms with Crippen molar-refractivity contribution in [1.82, 2.24) is 20.4 Å².